The molecule has 2 N–H and O–H groups in total. The maximum atomic E-state index is 12.4. The van der Waals surface area contributed by atoms with Crippen molar-refractivity contribution in [2.24, 2.45) is 5.92 Å². The Kier molecular flexibility index (Phi) is 5.33. The number of nitrogens with zero attached hydrogens (tertiary/aromatic N) is 1. The second-order valence-corrected chi connectivity index (χ2v) is 6.69. The number of hydrogen-bond acceptors (Lipinski definition) is 5. The van der Waals surface area contributed by atoms with Crippen LogP contribution in [0.25, 0.3) is 11.4 Å². The zero-order chi connectivity index (χ0) is 17.8. The fraction of sp³-hybridized carbons (Fsp3) is 0.500. The zero-order valence-corrected chi connectivity index (χ0v) is 14.5. The van der Waals surface area contributed by atoms with Gasteiger partial charge in [0.05, 0.1) is 6.10 Å². The normalized spacial score (nSPS) is 21.7. The first-order valence-electron chi connectivity index (χ1n) is 8.64. The summed E-state index contributed by atoms with van der Waals surface area (Å²) in [6, 6.07) is 7.04. The fourth-order valence-corrected chi connectivity index (χ4v) is 3.19. The molecule has 0 bridgehead atoms. The Bertz CT molecular complexity index is 782. The highest BCUT2D eigenvalue weighted by atomic mass is 16.5. The fourth-order valence-electron chi connectivity index (χ4n) is 3.19. The van der Waals surface area contributed by atoms with Crippen LogP contribution in [0.1, 0.15) is 39.5 Å². The minimum atomic E-state index is -0.617. The lowest BCUT2D eigenvalue weighted by atomic mass is 9.88. The summed E-state index contributed by atoms with van der Waals surface area (Å²) in [5.74, 6) is 0.161. The molecule has 1 heterocycles. The number of carbonyl (C=O) groups is 1. The van der Waals surface area contributed by atoms with Crippen LogP contribution in [0.3, 0.4) is 0 Å². The molecule has 3 rings (SSSR count). The number of hydrogen-bond donors (Lipinski definition) is 2. The van der Waals surface area contributed by atoms with Gasteiger partial charge in [0.15, 0.2) is 5.82 Å². The molecule has 0 saturated heterocycles. The predicted octanol–water partition coefficient (Wildman–Crippen LogP) is 2.95. The Morgan fingerprint density at radius 3 is 3.00 bits per heavy atom. The van der Waals surface area contributed by atoms with Gasteiger partial charge in [-0.1, -0.05) is 37.1 Å². The largest absolute Gasteiger partial charge is 0.439 e. The van der Waals surface area contributed by atoms with Gasteiger partial charge in [-0.3, -0.25) is 14.3 Å². The van der Waals surface area contributed by atoms with E-state index in [1.807, 2.05) is 0 Å². The van der Waals surface area contributed by atoms with Gasteiger partial charge in [-0.05, 0) is 37.8 Å². The number of carbonyl (C=O) groups excluding carboxylic acids is 1. The van der Waals surface area contributed by atoms with Crippen molar-refractivity contribution in [3.05, 3.63) is 34.8 Å². The second-order valence-electron chi connectivity index (χ2n) is 6.69. The Balaban J connectivity index is 1.61. The van der Waals surface area contributed by atoms with Crippen LogP contribution < -0.4 is 11.1 Å². The van der Waals surface area contributed by atoms with E-state index in [-0.39, 0.29) is 12.0 Å². The Labute approximate surface area is 145 Å². The minimum absolute atomic E-state index is 0.149. The molecule has 1 aliphatic carbocycles. The monoisotopic (exact) mass is 345 g/mol. The summed E-state index contributed by atoms with van der Waals surface area (Å²) in [7, 11) is 0. The third kappa shape index (κ3) is 4.57. The highest BCUT2D eigenvalue weighted by Gasteiger charge is 2.24. The van der Waals surface area contributed by atoms with E-state index in [0.717, 1.165) is 19.3 Å². The third-order valence-electron chi connectivity index (χ3n) is 4.50. The third-order valence-corrected chi connectivity index (χ3v) is 4.50. The number of benzene rings is 1. The average Bonchev–Trinajstić information content (AvgIpc) is 3.01. The van der Waals surface area contributed by atoms with Gasteiger partial charge < -0.3 is 10.1 Å². The molecule has 1 aromatic heterocycles. The minimum Gasteiger partial charge on any atom is -0.365 e. The van der Waals surface area contributed by atoms with Crippen LogP contribution in [-0.2, 0) is 9.53 Å². The Hall–Kier alpha value is -2.41. The average molecular weight is 345 g/mol. The van der Waals surface area contributed by atoms with Crippen molar-refractivity contribution in [1.29, 1.82) is 0 Å². The molecular weight excluding hydrogens is 322 g/mol. The maximum absolute atomic E-state index is 12.4. The zero-order valence-electron chi connectivity index (χ0n) is 14.5. The molecule has 0 aliphatic heterocycles. The van der Waals surface area contributed by atoms with Gasteiger partial charge >= 0.3 is 5.76 Å². The van der Waals surface area contributed by atoms with Crippen LogP contribution in [0.2, 0.25) is 0 Å². The topological polar surface area (TPSA) is 97.2 Å². The van der Waals surface area contributed by atoms with Gasteiger partial charge in [0.2, 0.25) is 0 Å². The Morgan fingerprint density at radius 1 is 1.44 bits per heavy atom. The summed E-state index contributed by atoms with van der Waals surface area (Å²) < 4.78 is 10.4. The molecule has 7 nitrogen and oxygen atoms in total. The van der Waals surface area contributed by atoms with Crippen molar-refractivity contribution in [2.75, 3.05) is 5.32 Å². The summed E-state index contributed by atoms with van der Waals surface area (Å²) in [4.78, 5) is 25.9. The molecular formula is C18H23N3O4. The number of H-pyrrole nitrogens is 1. The molecule has 0 spiro atoms. The lowest BCUT2D eigenvalue weighted by Crippen LogP contribution is -2.33. The molecule has 25 heavy (non-hydrogen) atoms. The lowest BCUT2D eigenvalue weighted by molar-refractivity contribution is -0.131. The highest BCUT2D eigenvalue weighted by Crippen LogP contribution is 2.26. The number of anilines is 1. The van der Waals surface area contributed by atoms with E-state index in [9.17, 15) is 9.59 Å². The van der Waals surface area contributed by atoms with Gasteiger partial charge in [0.1, 0.15) is 6.10 Å². The lowest BCUT2D eigenvalue weighted by Gasteiger charge is -2.29. The van der Waals surface area contributed by atoms with Crippen LogP contribution in [0.5, 0.6) is 0 Å². The molecule has 1 saturated carbocycles. The first-order valence-corrected chi connectivity index (χ1v) is 8.64. The number of ether oxygens (including phenoxy) is 1. The van der Waals surface area contributed by atoms with Crippen LogP contribution >= 0.6 is 0 Å². The van der Waals surface area contributed by atoms with E-state index in [1.54, 1.807) is 31.2 Å². The summed E-state index contributed by atoms with van der Waals surface area (Å²) in [5.41, 5.74) is 1.26. The van der Waals surface area contributed by atoms with Crippen molar-refractivity contribution in [2.45, 2.75) is 51.7 Å². The van der Waals surface area contributed by atoms with Crippen molar-refractivity contribution < 1.29 is 14.1 Å². The number of nitrogens with one attached hydrogen (secondary N) is 2. The van der Waals surface area contributed by atoms with Gasteiger partial charge in [-0.25, -0.2) is 4.79 Å². The standard InChI is InChI=1S/C18H23N3O4/c1-11-5-3-8-15(9-11)24-12(2)17(22)19-14-7-4-6-13(10-14)16-20-18(23)25-21-16/h4,6-7,10-12,15H,3,5,8-9H2,1-2H3,(H,19,22)(H,20,21,23). The van der Waals surface area contributed by atoms with Crippen LogP contribution in [-0.4, -0.2) is 28.3 Å². The molecule has 1 fully saturated rings. The molecule has 7 heteroatoms. The van der Waals surface area contributed by atoms with E-state index in [4.69, 9.17) is 4.74 Å². The predicted molar refractivity (Wildman–Crippen MR) is 93.2 cm³/mol. The maximum Gasteiger partial charge on any atom is 0.439 e. The summed E-state index contributed by atoms with van der Waals surface area (Å²) in [5, 5.41) is 6.49. The summed E-state index contributed by atoms with van der Waals surface area (Å²) in [6.45, 7) is 3.99. The van der Waals surface area contributed by atoms with E-state index in [1.165, 1.54) is 6.42 Å². The van der Waals surface area contributed by atoms with E-state index < -0.39 is 11.9 Å². The number of amides is 1. The molecule has 3 atom stereocenters. The van der Waals surface area contributed by atoms with Crippen LogP contribution in [0.15, 0.2) is 33.6 Å². The molecule has 2 aromatic rings. The van der Waals surface area contributed by atoms with E-state index in [0.29, 0.717) is 23.0 Å². The number of aromatic nitrogens is 2. The molecule has 1 aliphatic rings. The summed E-state index contributed by atoms with van der Waals surface area (Å²) in [6.07, 6.45) is 4.03. The molecule has 1 aromatic carbocycles. The van der Waals surface area contributed by atoms with Crippen LogP contribution in [0, 0.1) is 5.92 Å². The summed E-state index contributed by atoms with van der Waals surface area (Å²) >= 11 is 0. The van der Waals surface area contributed by atoms with Gasteiger partial charge in [-0.15, -0.1) is 0 Å². The van der Waals surface area contributed by atoms with Gasteiger partial charge in [0, 0.05) is 11.3 Å². The first-order chi connectivity index (χ1) is 12.0. The molecule has 1 amide bonds. The van der Waals surface area contributed by atoms with Crippen LogP contribution in [0.4, 0.5) is 5.69 Å². The van der Waals surface area contributed by atoms with E-state index in [2.05, 4.69) is 26.9 Å². The smallest absolute Gasteiger partial charge is 0.365 e. The number of rotatable bonds is 5. The van der Waals surface area contributed by atoms with Crippen molar-refractivity contribution >= 4 is 11.6 Å². The molecule has 134 valence electrons. The molecule has 0 radical (unpaired) electrons. The highest BCUT2D eigenvalue weighted by molar-refractivity contribution is 5.94. The first kappa shape index (κ1) is 17.4. The SMILES string of the molecule is CC1CCCC(OC(C)C(=O)Nc2cccc(-c3noc(=O)[nH]3)c2)C1. The van der Waals surface area contributed by atoms with Gasteiger partial charge in [-0.2, -0.15) is 0 Å². The van der Waals surface area contributed by atoms with Crippen molar-refractivity contribution in [1.82, 2.24) is 10.1 Å². The Morgan fingerprint density at radius 2 is 2.28 bits per heavy atom. The quantitative estimate of drug-likeness (QED) is 0.868. The van der Waals surface area contributed by atoms with Gasteiger partial charge in [0.25, 0.3) is 5.91 Å². The second kappa shape index (κ2) is 7.65. The number of aromatic amines is 1. The van der Waals surface area contributed by atoms with Crippen molar-refractivity contribution in [3.8, 4) is 11.4 Å². The molecule has 3 unspecified atom stereocenters. The van der Waals surface area contributed by atoms with Crippen molar-refractivity contribution in [3.63, 3.8) is 0 Å². The van der Waals surface area contributed by atoms with E-state index >= 15 is 0 Å².